The molecule has 2 saturated heterocycles. The summed E-state index contributed by atoms with van der Waals surface area (Å²) in [6.45, 7) is 4.73. The van der Waals surface area contributed by atoms with E-state index in [0.29, 0.717) is 81.5 Å². The molecule has 10 nitrogen and oxygen atoms in total. The van der Waals surface area contributed by atoms with Crippen LogP contribution in [0.15, 0.2) is 4.79 Å². The first-order valence-electron chi connectivity index (χ1n) is 15.8. The molecule has 0 amide bonds. The predicted molar refractivity (Wildman–Crippen MR) is 192 cm³/mol. The zero-order valence-electron chi connectivity index (χ0n) is 26.2. The summed E-state index contributed by atoms with van der Waals surface area (Å²) in [5.41, 5.74) is 4.70. The zero-order chi connectivity index (χ0) is 29.8. The second kappa shape index (κ2) is 14.0. The number of hydrogen-bond donors (Lipinski definition) is 1. The lowest BCUT2D eigenvalue weighted by atomic mass is 8.79. The summed E-state index contributed by atoms with van der Waals surface area (Å²) >= 11 is 0. The molecule has 41 heavy (non-hydrogen) atoms. The maximum atomic E-state index is 14.4. The second-order valence-corrected chi connectivity index (χ2v) is 13.2. The van der Waals surface area contributed by atoms with Gasteiger partial charge in [0.25, 0.3) is 5.56 Å². The summed E-state index contributed by atoms with van der Waals surface area (Å²) in [6, 6.07) is -0.649. The third-order valence-electron chi connectivity index (χ3n) is 9.61. The van der Waals surface area contributed by atoms with Gasteiger partial charge >= 0.3 is 0 Å². The molecule has 21 heteroatoms. The van der Waals surface area contributed by atoms with Crippen LogP contribution in [0.1, 0.15) is 38.3 Å². The number of nitrogens with zero attached hydrogens (tertiary/aromatic N) is 6. The van der Waals surface area contributed by atoms with Crippen LogP contribution in [0.25, 0.3) is 10.9 Å². The summed E-state index contributed by atoms with van der Waals surface area (Å²) < 4.78 is 1.97. The van der Waals surface area contributed by atoms with Crippen LogP contribution in [0.3, 0.4) is 0 Å². The number of carbonyl (C=O) groups is 2. The number of aromatic nitrogens is 4. The fraction of sp³-hybridized carbons (Fsp3) is 0.650. The summed E-state index contributed by atoms with van der Waals surface area (Å²) in [4.78, 5) is 39.5. The number of fused-ring (bicyclic) bond motifs is 1. The monoisotopic (exact) mass is 547 g/mol. The minimum atomic E-state index is -0.395. The molecule has 2 aliphatic rings. The van der Waals surface area contributed by atoms with Crippen molar-refractivity contribution in [3.05, 3.63) is 16.0 Å². The van der Waals surface area contributed by atoms with Crippen LogP contribution in [0, 0.1) is 0 Å². The van der Waals surface area contributed by atoms with Gasteiger partial charge in [-0.25, -0.2) is 5.01 Å². The normalized spacial score (nSPS) is 18.9. The Morgan fingerprint density at radius 1 is 0.976 bits per heavy atom. The van der Waals surface area contributed by atoms with E-state index in [1.807, 2.05) is 9.69 Å². The van der Waals surface area contributed by atoms with Crippen molar-refractivity contribution in [3.63, 3.8) is 0 Å². The number of hydrogen-bond acceptors (Lipinski definition) is 8. The fourth-order valence-corrected chi connectivity index (χ4v) is 6.16. The molecular formula is C20H40B11N7O3. The van der Waals surface area contributed by atoms with Crippen molar-refractivity contribution >= 4 is 108 Å². The largest absolute Gasteiger partial charge is 0.302 e. The molecular weight excluding hydrogens is 505 g/mol. The highest BCUT2D eigenvalue weighted by molar-refractivity contribution is 7.69. The minimum absolute atomic E-state index is 0.225. The highest BCUT2D eigenvalue weighted by Gasteiger charge is 2.33. The lowest BCUT2D eigenvalue weighted by molar-refractivity contribution is -0.111. The molecule has 2 aromatic rings. The van der Waals surface area contributed by atoms with E-state index in [9.17, 15) is 14.4 Å². The van der Waals surface area contributed by atoms with E-state index in [0.717, 1.165) is 50.1 Å². The van der Waals surface area contributed by atoms with Crippen molar-refractivity contribution in [2.45, 2.75) is 70.0 Å². The van der Waals surface area contributed by atoms with Crippen molar-refractivity contribution in [1.29, 1.82) is 0 Å². The average Bonchev–Trinajstić information content (AvgIpc) is 3.68. The first kappa shape index (κ1) is 31.9. The minimum Gasteiger partial charge on any atom is -0.302 e. The smallest absolute Gasteiger partial charge is 0.297 e. The summed E-state index contributed by atoms with van der Waals surface area (Å²) in [5.74, 6) is 0.517. The van der Waals surface area contributed by atoms with Crippen molar-refractivity contribution < 1.29 is 9.59 Å². The summed E-state index contributed by atoms with van der Waals surface area (Å²) in [5, 5.41) is 14.3. The molecule has 2 fully saturated rings. The van der Waals surface area contributed by atoms with E-state index < -0.39 is 6.04 Å². The molecule has 206 valence electrons. The lowest BCUT2D eigenvalue weighted by Gasteiger charge is -2.26. The SMILES string of the molecule is BB(CC)Cn1nc(CB(CB(B)B(B)B)B(B)B)c2c(=O)n(N3CCC[C@H]3C=O)nc(NN3CCC[C@H]3C=O)c21. The lowest BCUT2D eigenvalue weighted by Crippen LogP contribution is -2.49. The Morgan fingerprint density at radius 2 is 1.66 bits per heavy atom. The van der Waals surface area contributed by atoms with E-state index in [1.165, 1.54) is 4.79 Å². The molecule has 0 saturated carbocycles. The van der Waals surface area contributed by atoms with Gasteiger partial charge in [0.15, 0.2) is 5.82 Å². The predicted octanol–water partition coefficient (Wildman–Crippen LogP) is -6.53. The zero-order valence-corrected chi connectivity index (χ0v) is 26.2. The van der Waals surface area contributed by atoms with E-state index in [1.54, 1.807) is 5.01 Å². The van der Waals surface area contributed by atoms with Crippen molar-refractivity contribution in [3.8, 4) is 0 Å². The number of hydrazine groups is 1. The number of rotatable bonds is 14. The number of anilines is 1. The first-order valence-corrected chi connectivity index (χ1v) is 15.8. The number of carbonyl (C=O) groups excluding carboxylic acids is 2. The van der Waals surface area contributed by atoms with Gasteiger partial charge in [0, 0.05) is 38.8 Å². The first-order chi connectivity index (χ1) is 19.6. The summed E-state index contributed by atoms with van der Waals surface area (Å²) in [6.07, 6.45) is 9.51. The molecule has 0 spiro atoms. The molecule has 2 aromatic heterocycles. The molecule has 1 N–H and O–H groups in total. The van der Waals surface area contributed by atoms with Gasteiger partial charge in [-0.2, -0.15) is 5.10 Å². The summed E-state index contributed by atoms with van der Waals surface area (Å²) in [7, 11) is 13.6. The highest BCUT2D eigenvalue weighted by atomic mass is 16.2. The Morgan fingerprint density at radius 3 is 2.29 bits per heavy atom. The van der Waals surface area contributed by atoms with Gasteiger partial charge < -0.3 is 9.59 Å². The molecule has 0 aromatic carbocycles. The van der Waals surface area contributed by atoms with E-state index >= 15 is 0 Å². The van der Waals surface area contributed by atoms with Gasteiger partial charge in [0.1, 0.15) is 30.7 Å². The third-order valence-corrected chi connectivity index (χ3v) is 9.61. The van der Waals surface area contributed by atoms with E-state index in [4.69, 9.17) is 10.2 Å². The van der Waals surface area contributed by atoms with Gasteiger partial charge in [0.05, 0.1) is 70.1 Å². The quantitative estimate of drug-likeness (QED) is 0.185. The Hall–Kier alpha value is -2.04. The van der Waals surface area contributed by atoms with E-state index in [-0.39, 0.29) is 11.6 Å². The number of aldehydes is 2. The van der Waals surface area contributed by atoms with Crippen molar-refractivity contribution in [2.24, 2.45) is 0 Å². The Kier molecular flexibility index (Phi) is 10.9. The Balaban J connectivity index is 1.92. The van der Waals surface area contributed by atoms with Gasteiger partial charge in [-0.15, -0.1) is 16.1 Å². The van der Waals surface area contributed by atoms with Crippen LogP contribution >= 0.6 is 0 Å². The van der Waals surface area contributed by atoms with Crippen LogP contribution in [0.2, 0.25) is 12.5 Å². The van der Waals surface area contributed by atoms with Crippen LogP contribution < -0.4 is 16.0 Å². The molecule has 0 unspecified atom stereocenters. The van der Waals surface area contributed by atoms with Crippen LogP contribution in [0.5, 0.6) is 0 Å². The molecule has 4 rings (SSSR count). The Bertz CT molecular complexity index is 1280. The van der Waals surface area contributed by atoms with Crippen LogP contribution in [-0.4, -0.2) is 141 Å². The van der Waals surface area contributed by atoms with Gasteiger partial charge in [0.2, 0.25) is 0 Å². The van der Waals surface area contributed by atoms with Crippen molar-refractivity contribution in [1.82, 2.24) is 24.7 Å². The Labute approximate surface area is 251 Å². The molecule has 2 atom stereocenters. The molecule has 4 heterocycles. The topological polar surface area (TPSA) is 105 Å². The fourth-order valence-electron chi connectivity index (χ4n) is 6.16. The third kappa shape index (κ3) is 6.97. The average molecular weight is 546 g/mol. The maximum absolute atomic E-state index is 14.4. The molecule has 0 aliphatic carbocycles. The highest BCUT2D eigenvalue weighted by Crippen LogP contribution is 2.27. The van der Waals surface area contributed by atoms with Gasteiger partial charge in [-0.05, 0) is 32.0 Å². The van der Waals surface area contributed by atoms with Crippen LogP contribution in [0.4, 0.5) is 5.82 Å². The van der Waals surface area contributed by atoms with Crippen LogP contribution in [-0.2, 0) is 22.4 Å². The second-order valence-electron chi connectivity index (χ2n) is 13.2. The molecule has 0 radical (unpaired) electrons. The van der Waals surface area contributed by atoms with Gasteiger partial charge in [-0.1, -0.05) is 13.2 Å². The van der Waals surface area contributed by atoms with Crippen molar-refractivity contribution in [2.75, 3.05) is 23.5 Å². The van der Waals surface area contributed by atoms with E-state index in [2.05, 4.69) is 58.8 Å². The molecule has 2 aliphatic heterocycles. The molecule has 0 bridgehead atoms. The maximum Gasteiger partial charge on any atom is 0.297 e. The number of nitrogens with one attached hydrogen (secondary N) is 1. The van der Waals surface area contributed by atoms with Gasteiger partial charge in [-0.3, -0.25) is 19.9 Å². The standard InChI is InChI=1S/C20H40B11N7O3/c1-2-27(21)13-36-18-17(16(32-36)9-28(30(23)24)12-29(22)31(25)26)20(41)38(37-8-4-6-15(37)11-40)34-19(18)33-35-7-3-5-14(35)10-39/h10-11,14-15H,2-9,12-13,21-26H2,1H3,(H,33,34)/t14-,15-/m0/s1.